The molecule has 0 radical (unpaired) electrons. The quantitative estimate of drug-likeness (QED) is 0.591. The molecule has 0 saturated heterocycles. The van der Waals surface area contributed by atoms with Gasteiger partial charge < -0.3 is 14.2 Å². The van der Waals surface area contributed by atoms with Crippen molar-refractivity contribution in [2.75, 3.05) is 21.3 Å². The summed E-state index contributed by atoms with van der Waals surface area (Å²) >= 11 is 6.86. The normalized spacial score (nSPS) is 12.3. The van der Waals surface area contributed by atoms with Crippen LogP contribution < -0.4 is 4.74 Å². The van der Waals surface area contributed by atoms with E-state index in [1.807, 2.05) is 12.1 Å². The third kappa shape index (κ3) is 6.18. The van der Waals surface area contributed by atoms with Crippen molar-refractivity contribution in [1.29, 1.82) is 0 Å². The lowest BCUT2D eigenvalue weighted by atomic mass is 10.0. The SMILES string of the molecule is COC(=O)[C@H](Cc1cc(Br)c(OC)c(Br)c1)N(C)C(=O)OC(C)(C)C. The standard InChI is InChI=1S/C17H23Br2NO5/c1-17(2,3)25-16(22)20(4)13(15(21)24-6)9-10-7-11(18)14(23-5)12(19)8-10/h7-8,13H,9H2,1-6H3/t13-/m0/s1. The van der Waals surface area contributed by atoms with Crippen molar-refractivity contribution >= 4 is 43.9 Å². The zero-order chi connectivity index (χ0) is 19.4. The van der Waals surface area contributed by atoms with E-state index in [2.05, 4.69) is 31.9 Å². The van der Waals surface area contributed by atoms with E-state index in [4.69, 9.17) is 14.2 Å². The van der Waals surface area contributed by atoms with E-state index in [9.17, 15) is 9.59 Å². The summed E-state index contributed by atoms with van der Waals surface area (Å²) in [5, 5.41) is 0. The van der Waals surface area contributed by atoms with Crippen molar-refractivity contribution in [3.05, 3.63) is 26.6 Å². The van der Waals surface area contributed by atoms with Gasteiger partial charge in [-0.3, -0.25) is 4.90 Å². The Hall–Kier alpha value is -1.28. The van der Waals surface area contributed by atoms with E-state index in [0.717, 1.165) is 14.5 Å². The molecule has 1 aromatic rings. The van der Waals surface area contributed by atoms with Gasteiger partial charge in [-0.05, 0) is 70.3 Å². The van der Waals surface area contributed by atoms with Crippen LogP contribution in [0.4, 0.5) is 4.79 Å². The van der Waals surface area contributed by atoms with E-state index in [-0.39, 0.29) is 6.42 Å². The Morgan fingerprint density at radius 2 is 1.68 bits per heavy atom. The number of hydrogen-bond acceptors (Lipinski definition) is 5. The summed E-state index contributed by atoms with van der Waals surface area (Å²) in [7, 11) is 4.37. The summed E-state index contributed by atoms with van der Waals surface area (Å²) in [4.78, 5) is 25.8. The largest absolute Gasteiger partial charge is 0.494 e. The summed E-state index contributed by atoms with van der Waals surface area (Å²) in [5.41, 5.74) is 0.170. The molecule has 1 amide bonds. The lowest BCUT2D eigenvalue weighted by Crippen LogP contribution is -2.46. The summed E-state index contributed by atoms with van der Waals surface area (Å²) in [5.74, 6) is 0.135. The number of amides is 1. The second kappa shape index (κ2) is 8.89. The maximum atomic E-state index is 12.3. The predicted molar refractivity (Wildman–Crippen MR) is 102 cm³/mol. The molecule has 0 heterocycles. The predicted octanol–water partition coefficient (Wildman–Crippen LogP) is 4.17. The first kappa shape index (κ1) is 21.8. The third-order valence-corrected chi connectivity index (χ3v) is 4.49. The highest BCUT2D eigenvalue weighted by Gasteiger charge is 2.31. The van der Waals surface area contributed by atoms with Gasteiger partial charge in [0.15, 0.2) is 0 Å². The van der Waals surface area contributed by atoms with Crippen LogP contribution in [0.1, 0.15) is 26.3 Å². The van der Waals surface area contributed by atoms with Crippen LogP contribution >= 0.6 is 31.9 Å². The van der Waals surface area contributed by atoms with Gasteiger partial charge >= 0.3 is 12.1 Å². The molecule has 0 bridgehead atoms. The monoisotopic (exact) mass is 479 g/mol. The lowest BCUT2D eigenvalue weighted by molar-refractivity contribution is -0.146. The molecule has 0 N–H and O–H groups in total. The Labute approximate surface area is 165 Å². The summed E-state index contributed by atoms with van der Waals surface area (Å²) in [6.45, 7) is 5.30. The fourth-order valence-electron chi connectivity index (χ4n) is 2.12. The minimum absolute atomic E-state index is 0.267. The second-order valence-electron chi connectivity index (χ2n) is 6.43. The van der Waals surface area contributed by atoms with Crippen LogP contribution in [0.3, 0.4) is 0 Å². The molecule has 0 unspecified atom stereocenters. The molecule has 0 aliphatic rings. The van der Waals surface area contributed by atoms with Crippen LogP contribution in [0.5, 0.6) is 5.75 Å². The number of esters is 1. The molecule has 1 aromatic carbocycles. The molecular weight excluding hydrogens is 458 g/mol. The maximum Gasteiger partial charge on any atom is 0.410 e. The molecule has 0 aliphatic carbocycles. The fourth-order valence-corrected chi connectivity index (χ4v) is 3.73. The van der Waals surface area contributed by atoms with Crippen LogP contribution in [-0.2, 0) is 20.7 Å². The number of ether oxygens (including phenoxy) is 3. The molecule has 1 rings (SSSR count). The van der Waals surface area contributed by atoms with Gasteiger partial charge in [-0.1, -0.05) is 0 Å². The molecular formula is C17H23Br2NO5. The molecule has 140 valence electrons. The minimum Gasteiger partial charge on any atom is -0.494 e. The molecule has 1 atom stereocenters. The van der Waals surface area contributed by atoms with Crippen molar-refractivity contribution < 1.29 is 23.8 Å². The smallest absolute Gasteiger partial charge is 0.410 e. The van der Waals surface area contributed by atoms with Crippen molar-refractivity contribution in [3.63, 3.8) is 0 Å². The van der Waals surface area contributed by atoms with Crippen molar-refractivity contribution in [3.8, 4) is 5.75 Å². The Morgan fingerprint density at radius 3 is 2.08 bits per heavy atom. The lowest BCUT2D eigenvalue weighted by Gasteiger charge is -2.29. The summed E-state index contributed by atoms with van der Waals surface area (Å²) < 4.78 is 16.9. The molecule has 25 heavy (non-hydrogen) atoms. The molecule has 8 heteroatoms. The number of likely N-dealkylation sites (N-methyl/N-ethyl adjacent to an activating group) is 1. The molecule has 0 aliphatic heterocycles. The third-order valence-electron chi connectivity index (χ3n) is 3.31. The first-order chi connectivity index (χ1) is 11.5. The highest BCUT2D eigenvalue weighted by Crippen LogP contribution is 2.35. The van der Waals surface area contributed by atoms with Crippen LogP contribution in [-0.4, -0.2) is 49.9 Å². The van der Waals surface area contributed by atoms with Crippen LogP contribution in [0, 0.1) is 0 Å². The molecule has 0 fully saturated rings. The van der Waals surface area contributed by atoms with Gasteiger partial charge in [0, 0.05) is 13.5 Å². The van der Waals surface area contributed by atoms with Crippen LogP contribution in [0.2, 0.25) is 0 Å². The number of carbonyl (C=O) groups is 2. The van der Waals surface area contributed by atoms with Gasteiger partial charge in [0.1, 0.15) is 17.4 Å². The van der Waals surface area contributed by atoms with Gasteiger partial charge in [-0.15, -0.1) is 0 Å². The average molecular weight is 481 g/mol. The van der Waals surface area contributed by atoms with Crippen molar-refractivity contribution in [2.24, 2.45) is 0 Å². The van der Waals surface area contributed by atoms with E-state index >= 15 is 0 Å². The van der Waals surface area contributed by atoms with E-state index < -0.39 is 23.7 Å². The zero-order valence-corrected chi connectivity index (χ0v) is 18.4. The van der Waals surface area contributed by atoms with Crippen molar-refractivity contribution in [1.82, 2.24) is 4.90 Å². The maximum absolute atomic E-state index is 12.3. The van der Waals surface area contributed by atoms with Crippen LogP contribution in [0.25, 0.3) is 0 Å². The Balaban J connectivity index is 3.09. The number of halogens is 2. The highest BCUT2D eigenvalue weighted by molar-refractivity contribution is 9.11. The molecule has 6 nitrogen and oxygen atoms in total. The average Bonchev–Trinajstić information content (AvgIpc) is 2.49. The van der Waals surface area contributed by atoms with Gasteiger partial charge in [0.05, 0.1) is 23.2 Å². The number of nitrogens with zero attached hydrogens (tertiary/aromatic N) is 1. The van der Waals surface area contributed by atoms with E-state index in [0.29, 0.717) is 5.75 Å². The summed E-state index contributed by atoms with van der Waals surface area (Å²) in [6.07, 6.45) is -0.321. The number of rotatable bonds is 5. The molecule has 0 saturated carbocycles. The number of hydrogen-bond donors (Lipinski definition) is 0. The van der Waals surface area contributed by atoms with Gasteiger partial charge in [-0.2, -0.15) is 0 Å². The molecule has 0 spiro atoms. The Morgan fingerprint density at radius 1 is 1.16 bits per heavy atom. The second-order valence-corrected chi connectivity index (χ2v) is 8.14. The zero-order valence-electron chi connectivity index (χ0n) is 15.2. The topological polar surface area (TPSA) is 65.1 Å². The highest BCUT2D eigenvalue weighted by atomic mass is 79.9. The van der Waals surface area contributed by atoms with E-state index in [1.54, 1.807) is 27.9 Å². The number of carbonyl (C=O) groups excluding carboxylic acids is 2. The summed E-state index contributed by atoms with van der Waals surface area (Å²) in [6, 6.07) is 2.86. The van der Waals surface area contributed by atoms with Crippen molar-refractivity contribution in [2.45, 2.75) is 38.8 Å². The minimum atomic E-state index is -0.813. The van der Waals surface area contributed by atoms with E-state index in [1.165, 1.54) is 19.1 Å². The Bertz CT molecular complexity index is 619. The molecule has 0 aromatic heterocycles. The Kier molecular flexibility index (Phi) is 7.74. The van der Waals surface area contributed by atoms with Gasteiger partial charge in [-0.25, -0.2) is 9.59 Å². The van der Waals surface area contributed by atoms with Crippen LogP contribution in [0.15, 0.2) is 21.1 Å². The van der Waals surface area contributed by atoms with Gasteiger partial charge in [0.2, 0.25) is 0 Å². The van der Waals surface area contributed by atoms with Gasteiger partial charge in [0.25, 0.3) is 0 Å². The number of methoxy groups -OCH3 is 2. The first-order valence-corrected chi connectivity index (χ1v) is 9.14. The fraction of sp³-hybridized carbons (Fsp3) is 0.529. The first-order valence-electron chi connectivity index (χ1n) is 7.55. The number of benzene rings is 1.